The van der Waals surface area contributed by atoms with E-state index < -0.39 is 11.7 Å². The Bertz CT molecular complexity index is 608. The Hall–Kier alpha value is -2.17. The fourth-order valence-corrected chi connectivity index (χ4v) is 1.63. The molecule has 0 atom stereocenters. The number of pyridine rings is 1. The van der Waals surface area contributed by atoms with Gasteiger partial charge in [-0.25, -0.2) is 4.79 Å². The number of carbonyl (C=O) groups excluding carboxylic acids is 2. The maximum absolute atomic E-state index is 12.0. The van der Waals surface area contributed by atoms with E-state index in [0.29, 0.717) is 22.9 Å². The Balaban J connectivity index is 2.51. The van der Waals surface area contributed by atoms with Crippen LogP contribution in [0.5, 0.6) is 0 Å². The van der Waals surface area contributed by atoms with Crippen LogP contribution in [0, 0.1) is 0 Å². The Morgan fingerprint density at radius 2 is 2.17 bits per heavy atom. The highest BCUT2D eigenvalue weighted by Gasteiger charge is 2.20. The summed E-state index contributed by atoms with van der Waals surface area (Å²) >= 11 is 0. The number of carbonyl (C=O) groups is 2. The molecule has 0 N–H and O–H groups in total. The quantitative estimate of drug-likeness (QED) is 0.726. The molecule has 18 heavy (non-hydrogen) atoms. The van der Waals surface area contributed by atoms with E-state index in [1.807, 2.05) is 0 Å². The number of hydrogen-bond donors (Lipinski definition) is 0. The van der Waals surface area contributed by atoms with Crippen molar-refractivity contribution >= 4 is 23.4 Å². The molecule has 0 saturated heterocycles. The minimum Gasteiger partial charge on any atom is -0.443 e. The van der Waals surface area contributed by atoms with Crippen molar-refractivity contribution in [3.05, 3.63) is 30.1 Å². The summed E-state index contributed by atoms with van der Waals surface area (Å²) < 4.78 is 6.57. The topological polar surface area (TPSA) is 61.2 Å². The summed E-state index contributed by atoms with van der Waals surface area (Å²) in [5.41, 5.74) is 0.848. The summed E-state index contributed by atoms with van der Waals surface area (Å²) in [6.45, 7) is 5.36. The lowest BCUT2D eigenvalue weighted by Gasteiger charge is -2.19. The van der Waals surface area contributed by atoms with Crippen molar-refractivity contribution in [3.8, 4) is 0 Å². The molecule has 0 fully saturated rings. The summed E-state index contributed by atoms with van der Waals surface area (Å²) in [4.78, 5) is 27.0. The van der Waals surface area contributed by atoms with E-state index in [1.54, 1.807) is 39.1 Å². The Kier molecular flexibility index (Phi) is 2.90. The first-order chi connectivity index (χ1) is 8.42. The van der Waals surface area contributed by atoms with Crippen molar-refractivity contribution in [2.45, 2.75) is 26.4 Å². The maximum atomic E-state index is 12.0. The van der Waals surface area contributed by atoms with E-state index >= 15 is 0 Å². The van der Waals surface area contributed by atoms with Gasteiger partial charge in [0.1, 0.15) is 5.60 Å². The minimum atomic E-state index is -0.586. The minimum absolute atomic E-state index is 0.372. The van der Waals surface area contributed by atoms with Gasteiger partial charge in [-0.3, -0.25) is 14.3 Å². The van der Waals surface area contributed by atoms with Gasteiger partial charge < -0.3 is 4.74 Å². The molecule has 0 spiro atoms. The molecule has 0 aliphatic rings. The molecule has 0 radical (unpaired) electrons. The maximum Gasteiger partial charge on any atom is 0.419 e. The number of ether oxygens (including phenoxy) is 1. The third-order valence-corrected chi connectivity index (χ3v) is 2.30. The van der Waals surface area contributed by atoms with Gasteiger partial charge in [0, 0.05) is 12.4 Å². The third kappa shape index (κ3) is 2.25. The Morgan fingerprint density at radius 3 is 2.78 bits per heavy atom. The number of hydrogen-bond acceptors (Lipinski definition) is 4. The van der Waals surface area contributed by atoms with E-state index in [9.17, 15) is 9.59 Å². The molecule has 2 rings (SSSR count). The van der Waals surface area contributed by atoms with Gasteiger partial charge in [0.15, 0.2) is 6.29 Å². The summed E-state index contributed by atoms with van der Waals surface area (Å²) in [6, 6.07) is 3.43. The molecule has 0 aliphatic carbocycles. The van der Waals surface area contributed by atoms with Crippen molar-refractivity contribution < 1.29 is 14.3 Å². The number of nitrogens with zero attached hydrogens (tertiary/aromatic N) is 2. The lowest BCUT2D eigenvalue weighted by atomic mass is 10.2. The van der Waals surface area contributed by atoms with Crippen molar-refractivity contribution in [3.63, 3.8) is 0 Å². The molecule has 0 amide bonds. The average molecular weight is 246 g/mol. The van der Waals surface area contributed by atoms with Crippen LogP contribution in [-0.4, -0.2) is 27.5 Å². The van der Waals surface area contributed by atoms with Gasteiger partial charge in [-0.1, -0.05) is 0 Å². The summed E-state index contributed by atoms with van der Waals surface area (Å²) in [7, 11) is 0. The van der Waals surface area contributed by atoms with Gasteiger partial charge in [-0.05, 0) is 32.9 Å². The predicted molar refractivity (Wildman–Crippen MR) is 66.8 cm³/mol. The smallest absolute Gasteiger partial charge is 0.419 e. The number of rotatable bonds is 1. The van der Waals surface area contributed by atoms with Gasteiger partial charge in [-0.2, -0.15) is 0 Å². The third-order valence-electron chi connectivity index (χ3n) is 2.30. The van der Waals surface area contributed by atoms with Crippen molar-refractivity contribution in [2.75, 3.05) is 0 Å². The van der Waals surface area contributed by atoms with Crippen LogP contribution in [0.3, 0.4) is 0 Å². The second-order valence-corrected chi connectivity index (χ2v) is 4.92. The van der Waals surface area contributed by atoms with Crippen molar-refractivity contribution in [1.82, 2.24) is 9.55 Å². The van der Waals surface area contributed by atoms with Gasteiger partial charge >= 0.3 is 6.09 Å². The molecule has 0 saturated carbocycles. The molecule has 2 heterocycles. The van der Waals surface area contributed by atoms with Crippen molar-refractivity contribution in [2.24, 2.45) is 0 Å². The van der Waals surface area contributed by atoms with Crippen LogP contribution >= 0.6 is 0 Å². The first-order valence-corrected chi connectivity index (χ1v) is 5.57. The summed E-state index contributed by atoms with van der Waals surface area (Å²) in [6.07, 6.45) is 3.18. The Labute approximate surface area is 104 Å². The van der Waals surface area contributed by atoms with Crippen LogP contribution in [0.2, 0.25) is 0 Å². The predicted octanol–water partition coefficient (Wildman–Crippen LogP) is 2.63. The second-order valence-electron chi connectivity index (χ2n) is 4.92. The molecule has 2 aromatic rings. The lowest BCUT2D eigenvalue weighted by Crippen LogP contribution is -2.26. The van der Waals surface area contributed by atoms with E-state index in [0.717, 1.165) is 0 Å². The summed E-state index contributed by atoms with van der Waals surface area (Å²) in [5.74, 6) is 0. The molecular weight excluding hydrogens is 232 g/mol. The normalized spacial score (nSPS) is 11.5. The first-order valence-electron chi connectivity index (χ1n) is 5.57. The van der Waals surface area contributed by atoms with Crippen molar-refractivity contribution in [1.29, 1.82) is 0 Å². The van der Waals surface area contributed by atoms with E-state index in [1.165, 1.54) is 10.8 Å². The number of aldehydes is 1. The van der Waals surface area contributed by atoms with Gasteiger partial charge in [0.2, 0.25) is 0 Å². The molecule has 0 aliphatic heterocycles. The molecule has 0 bridgehead atoms. The van der Waals surface area contributed by atoms with Crippen LogP contribution in [0.15, 0.2) is 24.5 Å². The molecular formula is C13H14N2O3. The van der Waals surface area contributed by atoms with Crippen LogP contribution in [0.25, 0.3) is 11.0 Å². The number of fused-ring (bicyclic) bond motifs is 1. The lowest BCUT2D eigenvalue weighted by molar-refractivity contribution is 0.0544. The van der Waals surface area contributed by atoms with E-state index in [2.05, 4.69) is 4.98 Å². The van der Waals surface area contributed by atoms with Gasteiger partial charge in [-0.15, -0.1) is 0 Å². The van der Waals surface area contributed by atoms with Crippen LogP contribution in [-0.2, 0) is 4.74 Å². The first kappa shape index (κ1) is 12.3. The van der Waals surface area contributed by atoms with Crippen LogP contribution in [0.1, 0.15) is 31.1 Å². The summed E-state index contributed by atoms with van der Waals surface area (Å²) in [5, 5.41) is 0. The highest BCUT2D eigenvalue weighted by atomic mass is 16.6. The SMILES string of the molecule is CC(C)(C)OC(=O)n1cc(C=O)c2ncccc21. The zero-order chi connectivity index (χ0) is 13.3. The Morgan fingerprint density at radius 1 is 1.44 bits per heavy atom. The monoisotopic (exact) mass is 246 g/mol. The zero-order valence-electron chi connectivity index (χ0n) is 10.5. The van der Waals surface area contributed by atoms with Crippen LogP contribution < -0.4 is 0 Å². The number of aromatic nitrogens is 2. The average Bonchev–Trinajstić information content (AvgIpc) is 2.65. The highest BCUT2D eigenvalue weighted by Crippen LogP contribution is 2.19. The molecule has 5 heteroatoms. The molecule has 5 nitrogen and oxygen atoms in total. The van der Waals surface area contributed by atoms with Gasteiger partial charge in [0.25, 0.3) is 0 Å². The fraction of sp³-hybridized carbons (Fsp3) is 0.308. The largest absolute Gasteiger partial charge is 0.443 e. The van der Waals surface area contributed by atoms with E-state index in [4.69, 9.17) is 4.74 Å². The fourth-order valence-electron chi connectivity index (χ4n) is 1.63. The molecule has 94 valence electrons. The molecule has 0 aromatic carbocycles. The molecule has 0 unspecified atom stereocenters. The highest BCUT2D eigenvalue weighted by molar-refractivity contribution is 5.99. The van der Waals surface area contributed by atoms with Crippen LogP contribution in [0.4, 0.5) is 4.79 Å². The zero-order valence-corrected chi connectivity index (χ0v) is 10.5. The molecule has 2 aromatic heterocycles. The van der Waals surface area contributed by atoms with Gasteiger partial charge in [0.05, 0.1) is 16.6 Å². The standard InChI is InChI=1S/C13H14N2O3/c1-13(2,3)18-12(17)15-7-9(8-16)11-10(15)5-4-6-14-11/h4-8H,1-3H3. The van der Waals surface area contributed by atoms with E-state index in [-0.39, 0.29) is 0 Å². The second kappa shape index (κ2) is 4.25.